The lowest BCUT2D eigenvalue weighted by atomic mass is 9.80. The van der Waals surface area contributed by atoms with Crippen molar-refractivity contribution in [3.63, 3.8) is 0 Å². The molecular formula is C13H15NO4. The number of aliphatic carboxylic acids is 1. The molecule has 0 radical (unpaired) electrons. The van der Waals surface area contributed by atoms with Crippen LogP contribution in [0.5, 0.6) is 0 Å². The first-order valence-electron chi connectivity index (χ1n) is 5.48. The standard InChI is InChI=1S/C13H15NO4/c1-9(7-10-5-3-2-4-6-10)13(14,8-15)11(16)12(17)18/h2-6,8-9H,7,14H2,1H3,(H,17,18). The van der Waals surface area contributed by atoms with E-state index in [1.165, 1.54) is 0 Å². The summed E-state index contributed by atoms with van der Waals surface area (Å²) >= 11 is 0. The number of carboxylic acids is 1. The highest BCUT2D eigenvalue weighted by Crippen LogP contribution is 2.19. The Hall–Kier alpha value is -2.01. The van der Waals surface area contributed by atoms with Crippen molar-refractivity contribution in [3.8, 4) is 0 Å². The summed E-state index contributed by atoms with van der Waals surface area (Å²) in [5.74, 6) is -3.56. The third-order valence-corrected chi connectivity index (χ3v) is 2.98. The predicted octanol–water partition coefficient (Wildman–Crippen LogP) is 0.415. The topological polar surface area (TPSA) is 97.5 Å². The molecule has 18 heavy (non-hydrogen) atoms. The van der Waals surface area contributed by atoms with Crippen molar-refractivity contribution in [2.24, 2.45) is 11.7 Å². The van der Waals surface area contributed by atoms with Gasteiger partial charge in [0.1, 0.15) is 11.8 Å². The monoisotopic (exact) mass is 249 g/mol. The Morgan fingerprint density at radius 2 is 1.94 bits per heavy atom. The Balaban J connectivity index is 2.92. The summed E-state index contributed by atoms with van der Waals surface area (Å²) in [6.45, 7) is 1.59. The molecule has 0 aliphatic carbocycles. The zero-order valence-corrected chi connectivity index (χ0v) is 10.00. The van der Waals surface area contributed by atoms with Crippen molar-refractivity contribution in [3.05, 3.63) is 35.9 Å². The molecule has 0 saturated carbocycles. The van der Waals surface area contributed by atoms with Crippen molar-refractivity contribution in [2.75, 3.05) is 0 Å². The van der Waals surface area contributed by atoms with Gasteiger partial charge in [0.25, 0.3) is 5.78 Å². The molecule has 1 rings (SSSR count). The minimum Gasteiger partial charge on any atom is -0.475 e. The summed E-state index contributed by atoms with van der Waals surface area (Å²) in [4.78, 5) is 33.1. The molecule has 96 valence electrons. The number of rotatable bonds is 6. The lowest BCUT2D eigenvalue weighted by molar-refractivity contribution is -0.153. The molecule has 2 atom stereocenters. The van der Waals surface area contributed by atoms with E-state index in [4.69, 9.17) is 10.8 Å². The van der Waals surface area contributed by atoms with Crippen LogP contribution in [-0.4, -0.2) is 28.7 Å². The molecule has 5 heteroatoms. The first-order valence-corrected chi connectivity index (χ1v) is 5.48. The number of Topliss-reactive ketones (excluding diaryl/α,β-unsaturated/α-hetero) is 1. The normalized spacial score (nSPS) is 15.4. The average Bonchev–Trinajstić information content (AvgIpc) is 2.37. The average molecular weight is 249 g/mol. The molecule has 1 aromatic rings. The van der Waals surface area contributed by atoms with E-state index in [1.54, 1.807) is 6.92 Å². The fraction of sp³-hybridized carbons (Fsp3) is 0.308. The van der Waals surface area contributed by atoms with E-state index in [-0.39, 0.29) is 6.29 Å². The van der Waals surface area contributed by atoms with Crippen LogP contribution in [0.25, 0.3) is 0 Å². The SMILES string of the molecule is CC(Cc1ccccc1)C(N)(C=O)C(=O)C(=O)O. The molecule has 0 saturated heterocycles. The second-order valence-corrected chi connectivity index (χ2v) is 4.28. The van der Waals surface area contributed by atoms with Crippen molar-refractivity contribution in [1.82, 2.24) is 0 Å². The predicted molar refractivity (Wildman–Crippen MR) is 64.9 cm³/mol. The molecule has 1 aromatic carbocycles. The smallest absolute Gasteiger partial charge is 0.374 e. The molecule has 0 aromatic heterocycles. The number of ketones is 1. The summed E-state index contributed by atoms with van der Waals surface area (Å²) in [5.41, 5.74) is 4.54. The molecular weight excluding hydrogens is 234 g/mol. The maximum Gasteiger partial charge on any atom is 0.374 e. The maximum atomic E-state index is 11.5. The van der Waals surface area contributed by atoms with Crippen LogP contribution < -0.4 is 5.73 Å². The molecule has 0 amide bonds. The molecule has 3 N–H and O–H groups in total. The summed E-state index contributed by atoms with van der Waals surface area (Å²) in [7, 11) is 0. The molecule has 0 fully saturated rings. The molecule has 0 bridgehead atoms. The number of hydrogen-bond acceptors (Lipinski definition) is 4. The maximum absolute atomic E-state index is 11.5. The highest BCUT2D eigenvalue weighted by Gasteiger charge is 2.43. The largest absolute Gasteiger partial charge is 0.475 e. The van der Waals surface area contributed by atoms with Crippen LogP contribution >= 0.6 is 0 Å². The lowest BCUT2D eigenvalue weighted by Crippen LogP contribution is -2.58. The Morgan fingerprint density at radius 3 is 2.39 bits per heavy atom. The highest BCUT2D eigenvalue weighted by atomic mass is 16.4. The van der Waals surface area contributed by atoms with Gasteiger partial charge in [0.15, 0.2) is 0 Å². The van der Waals surface area contributed by atoms with Gasteiger partial charge in [-0.25, -0.2) is 4.79 Å². The zero-order chi connectivity index (χ0) is 13.8. The van der Waals surface area contributed by atoms with Gasteiger partial charge in [-0.1, -0.05) is 37.3 Å². The van der Waals surface area contributed by atoms with E-state index in [0.717, 1.165) is 5.56 Å². The third-order valence-electron chi connectivity index (χ3n) is 2.98. The Bertz CT molecular complexity index is 457. The van der Waals surface area contributed by atoms with Crippen LogP contribution in [0.3, 0.4) is 0 Å². The number of nitrogens with two attached hydrogens (primary N) is 1. The second-order valence-electron chi connectivity index (χ2n) is 4.28. The third kappa shape index (κ3) is 2.81. The fourth-order valence-corrected chi connectivity index (χ4v) is 1.72. The molecule has 0 aliphatic heterocycles. The van der Waals surface area contributed by atoms with Gasteiger partial charge in [0.05, 0.1) is 0 Å². The number of aldehydes is 1. The van der Waals surface area contributed by atoms with E-state index >= 15 is 0 Å². The van der Waals surface area contributed by atoms with Crippen LogP contribution in [0.4, 0.5) is 0 Å². The minimum absolute atomic E-state index is 0.219. The molecule has 5 nitrogen and oxygen atoms in total. The molecule has 0 aliphatic rings. The van der Waals surface area contributed by atoms with E-state index < -0.39 is 23.2 Å². The summed E-state index contributed by atoms with van der Waals surface area (Å²) < 4.78 is 0. The van der Waals surface area contributed by atoms with Crippen molar-refractivity contribution < 1.29 is 19.5 Å². The van der Waals surface area contributed by atoms with E-state index in [1.807, 2.05) is 30.3 Å². The van der Waals surface area contributed by atoms with Gasteiger partial charge in [0, 0.05) is 0 Å². The molecule has 0 spiro atoms. The first kappa shape index (κ1) is 14.1. The van der Waals surface area contributed by atoms with Gasteiger partial charge in [-0.3, -0.25) is 4.79 Å². The van der Waals surface area contributed by atoms with E-state index in [2.05, 4.69) is 0 Å². The van der Waals surface area contributed by atoms with E-state index in [9.17, 15) is 14.4 Å². The van der Waals surface area contributed by atoms with Crippen LogP contribution in [0.15, 0.2) is 30.3 Å². The number of carboxylic acid groups (broad SMARTS) is 1. The Morgan fingerprint density at radius 1 is 1.39 bits per heavy atom. The first-order chi connectivity index (χ1) is 8.41. The summed E-state index contributed by atoms with van der Waals surface area (Å²) in [6.07, 6.45) is 0.576. The summed E-state index contributed by atoms with van der Waals surface area (Å²) in [5, 5.41) is 8.68. The van der Waals surface area contributed by atoms with Crippen LogP contribution in [0, 0.1) is 5.92 Å². The zero-order valence-electron chi connectivity index (χ0n) is 10.00. The van der Waals surface area contributed by atoms with Crippen molar-refractivity contribution in [1.29, 1.82) is 0 Å². The van der Waals surface area contributed by atoms with Crippen LogP contribution in [0.1, 0.15) is 12.5 Å². The Labute approximate surface area is 105 Å². The number of carbonyl (C=O) groups excluding carboxylic acids is 2. The van der Waals surface area contributed by atoms with Crippen LogP contribution in [-0.2, 0) is 20.8 Å². The summed E-state index contributed by atoms with van der Waals surface area (Å²) in [6, 6.07) is 9.13. The number of benzene rings is 1. The molecule has 0 heterocycles. The van der Waals surface area contributed by atoms with E-state index in [0.29, 0.717) is 6.42 Å². The van der Waals surface area contributed by atoms with Gasteiger partial charge in [-0.15, -0.1) is 0 Å². The van der Waals surface area contributed by atoms with Gasteiger partial charge >= 0.3 is 5.97 Å². The second kappa shape index (κ2) is 5.55. The van der Waals surface area contributed by atoms with Gasteiger partial charge < -0.3 is 15.6 Å². The van der Waals surface area contributed by atoms with Gasteiger partial charge in [0.2, 0.25) is 0 Å². The van der Waals surface area contributed by atoms with Crippen LogP contribution in [0.2, 0.25) is 0 Å². The minimum atomic E-state index is -1.98. The van der Waals surface area contributed by atoms with Gasteiger partial charge in [-0.2, -0.15) is 0 Å². The number of hydrogen-bond donors (Lipinski definition) is 2. The quantitative estimate of drug-likeness (QED) is 0.432. The van der Waals surface area contributed by atoms with Crippen molar-refractivity contribution in [2.45, 2.75) is 18.9 Å². The van der Waals surface area contributed by atoms with Crippen molar-refractivity contribution >= 4 is 18.0 Å². The highest BCUT2D eigenvalue weighted by molar-refractivity contribution is 6.40. The fourth-order valence-electron chi connectivity index (χ4n) is 1.72. The molecule has 2 unspecified atom stereocenters. The lowest BCUT2D eigenvalue weighted by Gasteiger charge is -2.26. The van der Waals surface area contributed by atoms with Gasteiger partial charge in [-0.05, 0) is 17.9 Å². The Kier molecular flexibility index (Phi) is 4.33. The number of carbonyl (C=O) groups is 3.